The molecule has 0 aromatic heterocycles. The zero-order valence-corrected chi connectivity index (χ0v) is 10.1. The van der Waals surface area contributed by atoms with Gasteiger partial charge in [-0.1, -0.05) is 6.92 Å². The van der Waals surface area contributed by atoms with E-state index in [0.717, 1.165) is 45.8 Å². The molecule has 0 aliphatic carbocycles. The van der Waals surface area contributed by atoms with Gasteiger partial charge in [0.2, 0.25) is 0 Å². The number of nitrogens with one attached hydrogen (secondary N) is 1. The third kappa shape index (κ3) is 13.8. The zero-order valence-electron chi connectivity index (χ0n) is 10.1. The summed E-state index contributed by atoms with van der Waals surface area (Å²) in [5.74, 6) is 0. The Hall–Kier alpha value is -0.160. The van der Waals surface area contributed by atoms with Gasteiger partial charge in [0.15, 0.2) is 0 Å². The van der Waals surface area contributed by atoms with E-state index in [9.17, 15) is 0 Å². The molecule has 1 N–H and O–H groups in total. The summed E-state index contributed by atoms with van der Waals surface area (Å²) in [6.45, 7) is 7.53. The lowest BCUT2D eigenvalue weighted by Gasteiger charge is -2.05. The minimum atomic E-state index is 0.678. The Kier molecular flexibility index (Phi) is 13.7. The fourth-order valence-corrected chi connectivity index (χ4v) is 1.01. The lowest BCUT2D eigenvalue weighted by atomic mass is 10.5. The zero-order chi connectivity index (χ0) is 11.2. The van der Waals surface area contributed by atoms with Gasteiger partial charge in [-0.25, -0.2) is 0 Å². The smallest absolute Gasteiger partial charge is 0.0701 e. The van der Waals surface area contributed by atoms with Crippen molar-refractivity contribution in [1.29, 1.82) is 0 Å². The summed E-state index contributed by atoms with van der Waals surface area (Å²) in [5.41, 5.74) is 0. The molecule has 4 heteroatoms. The molecule has 0 aliphatic heterocycles. The van der Waals surface area contributed by atoms with E-state index < -0.39 is 0 Å². The first-order valence-corrected chi connectivity index (χ1v) is 5.79. The fourth-order valence-electron chi connectivity index (χ4n) is 1.01. The van der Waals surface area contributed by atoms with Gasteiger partial charge in [-0.15, -0.1) is 0 Å². The van der Waals surface area contributed by atoms with Crippen LogP contribution in [0.4, 0.5) is 0 Å². The topological polar surface area (TPSA) is 39.7 Å². The lowest BCUT2D eigenvalue weighted by Crippen LogP contribution is -2.16. The first-order valence-electron chi connectivity index (χ1n) is 5.79. The summed E-state index contributed by atoms with van der Waals surface area (Å²) in [7, 11) is 1.91. The minimum absolute atomic E-state index is 0.678. The van der Waals surface area contributed by atoms with Crippen molar-refractivity contribution in [2.24, 2.45) is 0 Å². The molecule has 0 aromatic carbocycles. The minimum Gasteiger partial charge on any atom is -0.381 e. The van der Waals surface area contributed by atoms with Gasteiger partial charge in [0.1, 0.15) is 0 Å². The van der Waals surface area contributed by atoms with E-state index in [-0.39, 0.29) is 0 Å². The molecule has 0 rings (SSSR count). The molecule has 0 amide bonds. The van der Waals surface area contributed by atoms with Crippen molar-refractivity contribution in [2.75, 3.05) is 53.2 Å². The third-order valence-electron chi connectivity index (χ3n) is 1.79. The molecule has 0 atom stereocenters. The van der Waals surface area contributed by atoms with Crippen LogP contribution in [0.3, 0.4) is 0 Å². The molecule has 92 valence electrons. The highest BCUT2D eigenvalue weighted by molar-refractivity contribution is 4.38. The van der Waals surface area contributed by atoms with E-state index in [2.05, 4.69) is 12.2 Å². The Morgan fingerprint density at radius 3 is 2.00 bits per heavy atom. The summed E-state index contributed by atoms with van der Waals surface area (Å²) in [6.07, 6.45) is 2.05. The van der Waals surface area contributed by atoms with Gasteiger partial charge >= 0.3 is 0 Å². The van der Waals surface area contributed by atoms with Gasteiger partial charge in [0, 0.05) is 26.4 Å². The molecule has 0 fully saturated rings. The molecule has 0 saturated carbocycles. The predicted octanol–water partition coefficient (Wildman–Crippen LogP) is 1.06. The normalized spacial score (nSPS) is 10.8. The number of likely N-dealkylation sites (N-methyl/N-ethyl adjacent to an activating group) is 1. The Morgan fingerprint density at radius 2 is 1.40 bits per heavy atom. The SMILES string of the molecule is CCCOCCCOCCOCCNC. The predicted molar refractivity (Wildman–Crippen MR) is 61.3 cm³/mol. The Bertz CT molecular complexity index is 100. The second kappa shape index (κ2) is 13.8. The second-order valence-corrected chi connectivity index (χ2v) is 3.29. The van der Waals surface area contributed by atoms with Crippen molar-refractivity contribution in [2.45, 2.75) is 19.8 Å². The molecule has 0 spiro atoms. The van der Waals surface area contributed by atoms with E-state index >= 15 is 0 Å². The monoisotopic (exact) mass is 219 g/mol. The van der Waals surface area contributed by atoms with Crippen LogP contribution in [-0.4, -0.2) is 53.2 Å². The summed E-state index contributed by atoms with van der Waals surface area (Å²) in [4.78, 5) is 0. The maximum atomic E-state index is 5.37. The molecule has 15 heavy (non-hydrogen) atoms. The van der Waals surface area contributed by atoms with E-state index in [1.54, 1.807) is 0 Å². The average molecular weight is 219 g/mol. The molecular weight excluding hydrogens is 194 g/mol. The van der Waals surface area contributed by atoms with E-state index in [0.29, 0.717) is 13.2 Å². The molecule has 4 nitrogen and oxygen atoms in total. The number of hydrogen-bond donors (Lipinski definition) is 1. The van der Waals surface area contributed by atoms with Crippen LogP contribution in [0.2, 0.25) is 0 Å². The first-order chi connectivity index (χ1) is 7.41. The van der Waals surface area contributed by atoms with Gasteiger partial charge < -0.3 is 19.5 Å². The van der Waals surface area contributed by atoms with Crippen molar-refractivity contribution >= 4 is 0 Å². The number of hydrogen-bond acceptors (Lipinski definition) is 4. The van der Waals surface area contributed by atoms with Gasteiger partial charge in [-0.3, -0.25) is 0 Å². The van der Waals surface area contributed by atoms with Crippen molar-refractivity contribution < 1.29 is 14.2 Å². The van der Waals surface area contributed by atoms with Crippen molar-refractivity contribution in [3.05, 3.63) is 0 Å². The van der Waals surface area contributed by atoms with Crippen LogP contribution < -0.4 is 5.32 Å². The van der Waals surface area contributed by atoms with Crippen LogP contribution in [0.1, 0.15) is 19.8 Å². The second-order valence-electron chi connectivity index (χ2n) is 3.29. The molecule has 0 saturated heterocycles. The number of ether oxygens (including phenoxy) is 3. The van der Waals surface area contributed by atoms with Gasteiger partial charge in [0.05, 0.1) is 19.8 Å². The standard InChI is InChI=1S/C11H25NO3/c1-3-6-13-7-4-8-14-10-11-15-9-5-12-2/h12H,3-11H2,1-2H3. The molecule has 0 aromatic rings. The Morgan fingerprint density at radius 1 is 0.800 bits per heavy atom. The molecule has 0 heterocycles. The highest BCUT2D eigenvalue weighted by Crippen LogP contribution is 1.87. The average Bonchev–Trinajstić information content (AvgIpc) is 2.26. The summed E-state index contributed by atoms with van der Waals surface area (Å²) < 4.78 is 16.0. The largest absolute Gasteiger partial charge is 0.381 e. The molecule has 0 bridgehead atoms. The van der Waals surface area contributed by atoms with Gasteiger partial charge in [-0.05, 0) is 19.9 Å². The first kappa shape index (κ1) is 14.8. The number of rotatable bonds is 12. The van der Waals surface area contributed by atoms with E-state index in [1.165, 1.54) is 0 Å². The van der Waals surface area contributed by atoms with Crippen LogP contribution in [-0.2, 0) is 14.2 Å². The maximum absolute atomic E-state index is 5.37. The quantitative estimate of drug-likeness (QED) is 0.498. The summed E-state index contributed by atoms with van der Waals surface area (Å²) in [5, 5.41) is 3.02. The van der Waals surface area contributed by atoms with Gasteiger partial charge in [-0.2, -0.15) is 0 Å². The Balaban J connectivity index is 2.81. The van der Waals surface area contributed by atoms with Crippen LogP contribution >= 0.6 is 0 Å². The lowest BCUT2D eigenvalue weighted by molar-refractivity contribution is 0.0368. The van der Waals surface area contributed by atoms with Crippen LogP contribution in [0.15, 0.2) is 0 Å². The Labute approximate surface area is 93.3 Å². The van der Waals surface area contributed by atoms with Gasteiger partial charge in [0.25, 0.3) is 0 Å². The van der Waals surface area contributed by atoms with Crippen LogP contribution in [0.25, 0.3) is 0 Å². The van der Waals surface area contributed by atoms with E-state index in [1.807, 2.05) is 7.05 Å². The highest BCUT2D eigenvalue weighted by Gasteiger charge is 1.91. The molecular formula is C11H25NO3. The highest BCUT2D eigenvalue weighted by atomic mass is 16.5. The summed E-state index contributed by atoms with van der Waals surface area (Å²) >= 11 is 0. The maximum Gasteiger partial charge on any atom is 0.0701 e. The fraction of sp³-hybridized carbons (Fsp3) is 1.00. The molecule has 0 radical (unpaired) electrons. The summed E-state index contributed by atoms with van der Waals surface area (Å²) in [6, 6.07) is 0. The third-order valence-corrected chi connectivity index (χ3v) is 1.79. The molecule has 0 unspecified atom stereocenters. The van der Waals surface area contributed by atoms with Crippen molar-refractivity contribution in [1.82, 2.24) is 5.32 Å². The van der Waals surface area contributed by atoms with Crippen molar-refractivity contribution in [3.63, 3.8) is 0 Å². The van der Waals surface area contributed by atoms with Crippen LogP contribution in [0, 0.1) is 0 Å². The molecule has 0 aliphatic rings. The van der Waals surface area contributed by atoms with E-state index in [4.69, 9.17) is 14.2 Å². The van der Waals surface area contributed by atoms with Crippen LogP contribution in [0.5, 0.6) is 0 Å². The van der Waals surface area contributed by atoms with Crippen molar-refractivity contribution in [3.8, 4) is 0 Å².